The van der Waals surface area contributed by atoms with Gasteiger partial charge in [-0.25, -0.2) is 4.79 Å². The molecular formula is C20H33N7O7. The predicted molar refractivity (Wildman–Crippen MR) is 119 cm³/mol. The number of likely N-dealkylation sites (tertiary alicyclic amines) is 1. The van der Waals surface area contributed by atoms with Crippen LogP contribution in [0.4, 0.5) is 0 Å². The molecule has 0 aromatic heterocycles. The quantitative estimate of drug-likeness (QED) is 0.0863. The molecule has 0 bridgehead atoms. The number of rotatable bonds is 12. The minimum absolute atomic E-state index is 0.0901. The summed E-state index contributed by atoms with van der Waals surface area (Å²) in [6.07, 6.45) is 2.12. The highest BCUT2D eigenvalue weighted by molar-refractivity contribution is 5.95. The van der Waals surface area contributed by atoms with E-state index in [1.165, 1.54) is 4.90 Å². The first kappa shape index (κ1) is 26.8. The number of carboxylic acids is 2. The highest BCUT2D eigenvalue weighted by atomic mass is 16.4. The summed E-state index contributed by atoms with van der Waals surface area (Å²) in [5.74, 6) is -4.49. The molecule has 2 aliphatic heterocycles. The largest absolute Gasteiger partial charge is 0.481 e. The molecule has 2 heterocycles. The lowest BCUT2D eigenvalue weighted by molar-refractivity contribution is -0.148. The molecule has 34 heavy (non-hydrogen) atoms. The van der Waals surface area contributed by atoms with Crippen LogP contribution in [0.15, 0.2) is 4.99 Å². The summed E-state index contributed by atoms with van der Waals surface area (Å²) in [6, 6.07) is -3.92. The Morgan fingerprint density at radius 1 is 1.03 bits per heavy atom. The van der Waals surface area contributed by atoms with Crippen LogP contribution in [-0.4, -0.2) is 94.5 Å². The van der Waals surface area contributed by atoms with Gasteiger partial charge < -0.3 is 42.5 Å². The van der Waals surface area contributed by atoms with Crippen molar-refractivity contribution in [2.45, 2.75) is 69.1 Å². The third-order valence-electron chi connectivity index (χ3n) is 5.77. The molecule has 0 radical (unpaired) electrons. The molecule has 9 N–H and O–H groups in total. The standard InChI is InChI=1S/C20H33N7O7/c21-20(22)24-8-2-5-12(25-16(30)11-4-1-7-23-11)18(32)27-9-3-6-14(27)17(31)26-13(19(33)34)10-15(28)29/h11-14,23H,1-10H2,(H,25,30)(H,26,31)(H,28,29)(H,33,34)(H4,21,22,24). The molecule has 4 unspecified atom stereocenters. The molecule has 4 atom stereocenters. The van der Waals surface area contributed by atoms with Crippen molar-refractivity contribution in [3.8, 4) is 0 Å². The second-order valence-corrected chi connectivity index (χ2v) is 8.35. The van der Waals surface area contributed by atoms with Gasteiger partial charge in [0.1, 0.15) is 18.1 Å². The van der Waals surface area contributed by atoms with E-state index in [2.05, 4.69) is 20.9 Å². The lowest BCUT2D eigenvalue weighted by atomic mass is 10.1. The molecule has 2 aliphatic rings. The Balaban J connectivity index is 2.10. The first-order valence-corrected chi connectivity index (χ1v) is 11.2. The Morgan fingerprint density at radius 2 is 1.74 bits per heavy atom. The van der Waals surface area contributed by atoms with E-state index in [0.29, 0.717) is 25.8 Å². The average molecular weight is 484 g/mol. The number of guanidine groups is 1. The van der Waals surface area contributed by atoms with Crippen molar-refractivity contribution < 1.29 is 34.2 Å². The van der Waals surface area contributed by atoms with E-state index in [1.54, 1.807) is 0 Å². The Labute approximate surface area is 196 Å². The van der Waals surface area contributed by atoms with E-state index < -0.39 is 54.3 Å². The van der Waals surface area contributed by atoms with Crippen LogP contribution in [0.3, 0.4) is 0 Å². The third kappa shape index (κ3) is 7.86. The van der Waals surface area contributed by atoms with E-state index in [-0.39, 0.29) is 37.8 Å². The molecule has 3 amide bonds. The van der Waals surface area contributed by atoms with Crippen LogP contribution in [0, 0.1) is 0 Å². The maximum atomic E-state index is 13.4. The lowest BCUT2D eigenvalue weighted by Gasteiger charge is -2.30. The van der Waals surface area contributed by atoms with Crippen molar-refractivity contribution in [1.29, 1.82) is 0 Å². The van der Waals surface area contributed by atoms with Crippen molar-refractivity contribution >= 4 is 35.6 Å². The van der Waals surface area contributed by atoms with E-state index in [9.17, 15) is 29.1 Å². The van der Waals surface area contributed by atoms with Gasteiger partial charge in [-0.2, -0.15) is 0 Å². The van der Waals surface area contributed by atoms with Gasteiger partial charge in [0, 0.05) is 13.1 Å². The number of hydrogen-bond donors (Lipinski definition) is 7. The van der Waals surface area contributed by atoms with Crippen molar-refractivity contribution in [2.24, 2.45) is 16.5 Å². The average Bonchev–Trinajstić information content (AvgIpc) is 3.46. The first-order valence-electron chi connectivity index (χ1n) is 11.2. The maximum Gasteiger partial charge on any atom is 0.326 e. The van der Waals surface area contributed by atoms with Gasteiger partial charge in [-0.3, -0.25) is 24.2 Å². The van der Waals surface area contributed by atoms with Gasteiger partial charge in [0.25, 0.3) is 0 Å². The van der Waals surface area contributed by atoms with Gasteiger partial charge in [0.05, 0.1) is 12.5 Å². The number of hydrogen-bond acceptors (Lipinski definition) is 7. The summed E-state index contributed by atoms with van der Waals surface area (Å²) in [5.41, 5.74) is 10.7. The molecule has 2 fully saturated rings. The van der Waals surface area contributed by atoms with E-state index in [4.69, 9.17) is 16.6 Å². The molecule has 14 nitrogen and oxygen atoms in total. The Kier molecular flexibility index (Phi) is 10.0. The number of carbonyl (C=O) groups is 5. The van der Waals surface area contributed by atoms with Gasteiger partial charge >= 0.3 is 11.9 Å². The van der Waals surface area contributed by atoms with E-state index >= 15 is 0 Å². The normalized spacial score (nSPS) is 21.4. The summed E-state index contributed by atoms with van der Waals surface area (Å²) in [5, 5.41) is 26.1. The zero-order valence-corrected chi connectivity index (χ0v) is 18.9. The fraction of sp³-hybridized carbons (Fsp3) is 0.700. The van der Waals surface area contributed by atoms with E-state index in [0.717, 1.165) is 6.42 Å². The van der Waals surface area contributed by atoms with Gasteiger partial charge in [-0.05, 0) is 45.1 Å². The zero-order valence-electron chi connectivity index (χ0n) is 18.9. The summed E-state index contributed by atoms with van der Waals surface area (Å²) < 4.78 is 0. The summed E-state index contributed by atoms with van der Waals surface area (Å²) in [7, 11) is 0. The van der Waals surface area contributed by atoms with Gasteiger partial charge in [0.2, 0.25) is 17.7 Å². The smallest absolute Gasteiger partial charge is 0.326 e. The molecule has 2 saturated heterocycles. The second kappa shape index (κ2) is 12.7. The first-order chi connectivity index (χ1) is 16.1. The Hall–Kier alpha value is -3.42. The molecule has 190 valence electrons. The van der Waals surface area contributed by atoms with Crippen molar-refractivity contribution in [3.05, 3.63) is 0 Å². The monoisotopic (exact) mass is 483 g/mol. The third-order valence-corrected chi connectivity index (χ3v) is 5.77. The SMILES string of the molecule is NC(N)=NCCCC(NC(=O)C1CCCN1)C(=O)N1CCCC1C(=O)NC(CC(=O)O)C(=O)O. The number of nitrogens with zero attached hydrogens (tertiary/aromatic N) is 2. The summed E-state index contributed by atoms with van der Waals surface area (Å²) in [4.78, 5) is 66.1. The second-order valence-electron chi connectivity index (χ2n) is 8.35. The van der Waals surface area contributed by atoms with Crippen LogP contribution in [0.2, 0.25) is 0 Å². The fourth-order valence-electron chi connectivity index (χ4n) is 4.09. The molecule has 0 saturated carbocycles. The molecule has 14 heteroatoms. The minimum Gasteiger partial charge on any atom is -0.481 e. The number of aliphatic imine (C=N–C) groups is 1. The van der Waals surface area contributed by atoms with Gasteiger partial charge in [-0.15, -0.1) is 0 Å². The van der Waals surface area contributed by atoms with Gasteiger partial charge in [-0.1, -0.05) is 0 Å². The molecule has 0 aromatic rings. The highest BCUT2D eigenvalue weighted by Crippen LogP contribution is 2.20. The topological polar surface area (TPSA) is 230 Å². The van der Waals surface area contributed by atoms with Crippen LogP contribution in [-0.2, 0) is 24.0 Å². The molecule has 2 rings (SSSR count). The minimum atomic E-state index is -1.62. The van der Waals surface area contributed by atoms with Crippen LogP contribution >= 0.6 is 0 Å². The Bertz CT molecular complexity index is 809. The van der Waals surface area contributed by atoms with Crippen molar-refractivity contribution in [2.75, 3.05) is 19.6 Å². The molecule has 0 aliphatic carbocycles. The zero-order chi connectivity index (χ0) is 25.3. The maximum absolute atomic E-state index is 13.4. The fourth-order valence-corrected chi connectivity index (χ4v) is 4.09. The number of nitrogens with one attached hydrogen (secondary N) is 3. The predicted octanol–water partition coefficient (Wildman–Crippen LogP) is -2.69. The summed E-state index contributed by atoms with van der Waals surface area (Å²) in [6.45, 7) is 1.20. The number of carbonyl (C=O) groups excluding carboxylic acids is 3. The number of carboxylic acid groups (broad SMARTS) is 2. The number of amides is 3. The Morgan fingerprint density at radius 3 is 2.32 bits per heavy atom. The lowest BCUT2D eigenvalue weighted by Crippen LogP contribution is -2.56. The number of aliphatic carboxylic acids is 2. The van der Waals surface area contributed by atoms with Crippen molar-refractivity contribution in [3.63, 3.8) is 0 Å². The van der Waals surface area contributed by atoms with Crippen LogP contribution < -0.4 is 27.4 Å². The van der Waals surface area contributed by atoms with Crippen LogP contribution in [0.25, 0.3) is 0 Å². The summed E-state index contributed by atoms with van der Waals surface area (Å²) >= 11 is 0. The molecular weight excluding hydrogens is 450 g/mol. The van der Waals surface area contributed by atoms with Crippen LogP contribution in [0.5, 0.6) is 0 Å². The number of nitrogens with two attached hydrogens (primary N) is 2. The van der Waals surface area contributed by atoms with E-state index in [1.807, 2.05) is 0 Å². The van der Waals surface area contributed by atoms with Crippen molar-refractivity contribution in [1.82, 2.24) is 20.9 Å². The van der Waals surface area contributed by atoms with Crippen LogP contribution in [0.1, 0.15) is 44.9 Å². The van der Waals surface area contributed by atoms with Gasteiger partial charge in [0.15, 0.2) is 5.96 Å². The highest BCUT2D eigenvalue weighted by Gasteiger charge is 2.39. The molecule has 0 aromatic carbocycles. The molecule has 0 spiro atoms.